The van der Waals surface area contributed by atoms with Crippen molar-refractivity contribution in [2.24, 2.45) is 0 Å². The molecule has 2 amide bonds. The van der Waals surface area contributed by atoms with Crippen LogP contribution in [0.5, 0.6) is 0 Å². The first-order valence-corrected chi connectivity index (χ1v) is 6.02. The highest BCUT2D eigenvalue weighted by molar-refractivity contribution is 5.90. The van der Waals surface area contributed by atoms with Crippen molar-refractivity contribution in [3.05, 3.63) is 42.5 Å². The summed E-state index contributed by atoms with van der Waals surface area (Å²) in [6, 6.07) is 6.68. The van der Waals surface area contributed by atoms with Gasteiger partial charge in [0.1, 0.15) is 0 Å². The van der Waals surface area contributed by atoms with Crippen molar-refractivity contribution in [2.75, 3.05) is 5.32 Å². The lowest BCUT2D eigenvalue weighted by molar-refractivity contribution is -0.136. The number of carboxylic acids is 1. The molecule has 0 spiro atoms. The summed E-state index contributed by atoms with van der Waals surface area (Å²) in [6.45, 7) is 5.39. The Balaban J connectivity index is 2.69. The highest BCUT2D eigenvalue weighted by Gasteiger charge is 2.08. The summed E-state index contributed by atoms with van der Waals surface area (Å²) in [4.78, 5) is 22.3. The molecule has 1 unspecified atom stereocenters. The van der Waals surface area contributed by atoms with Gasteiger partial charge in [0.2, 0.25) is 0 Å². The van der Waals surface area contributed by atoms with Gasteiger partial charge in [-0.2, -0.15) is 0 Å². The molecule has 0 bridgehead atoms. The second kappa shape index (κ2) is 7.20. The molecule has 0 aliphatic heterocycles. The molecule has 0 heterocycles. The first-order chi connectivity index (χ1) is 9.02. The van der Waals surface area contributed by atoms with Crippen molar-refractivity contribution in [3.8, 4) is 0 Å². The largest absolute Gasteiger partial charge is 0.481 e. The van der Waals surface area contributed by atoms with Gasteiger partial charge in [0, 0.05) is 18.2 Å². The fourth-order valence-electron chi connectivity index (χ4n) is 1.53. The third-order valence-corrected chi connectivity index (χ3v) is 2.59. The van der Waals surface area contributed by atoms with Gasteiger partial charge in [0.25, 0.3) is 0 Å². The van der Waals surface area contributed by atoms with Gasteiger partial charge in [-0.15, -0.1) is 6.58 Å². The van der Waals surface area contributed by atoms with Gasteiger partial charge in [-0.25, -0.2) is 4.79 Å². The number of carboxylic acid groups (broad SMARTS) is 1. The smallest absolute Gasteiger partial charge is 0.319 e. The van der Waals surface area contributed by atoms with E-state index in [0.29, 0.717) is 12.1 Å². The number of para-hydroxylation sites is 1. The number of aryl methyl sites for hydroxylation is 1. The van der Waals surface area contributed by atoms with Crippen LogP contribution < -0.4 is 10.6 Å². The van der Waals surface area contributed by atoms with Gasteiger partial charge in [-0.05, 0) is 25.0 Å². The van der Waals surface area contributed by atoms with Crippen molar-refractivity contribution in [1.29, 1.82) is 0 Å². The lowest BCUT2D eigenvalue weighted by atomic mass is 10.1. The highest BCUT2D eigenvalue weighted by Crippen LogP contribution is 2.16. The van der Waals surface area contributed by atoms with Crippen LogP contribution in [0.4, 0.5) is 10.5 Å². The average molecular weight is 262 g/mol. The first kappa shape index (κ1) is 14.8. The minimum atomic E-state index is -0.862. The molecule has 0 saturated carbocycles. The number of hydrogen-bond acceptors (Lipinski definition) is 2. The maximum absolute atomic E-state index is 11.7. The Morgan fingerprint density at radius 1 is 1.42 bits per heavy atom. The Hall–Kier alpha value is -2.30. The third kappa shape index (κ3) is 5.25. The summed E-state index contributed by atoms with van der Waals surface area (Å²) in [5, 5.41) is 14.1. The van der Waals surface area contributed by atoms with Gasteiger partial charge in [0.05, 0.1) is 0 Å². The fraction of sp³-hybridized carbons (Fsp3) is 0.286. The second-order valence-electron chi connectivity index (χ2n) is 4.17. The number of carbonyl (C=O) groups is 2. The summed E-state index contributed by atoms with van der Waals surface area (Å²) in [7, 11) is 0. The lowest BCUT2D eigenvalue weighted by Crippen LogP contribution is -2.35. The molecule has 19 heavy (non-hydrogen) atoms. The Morgan fingerprint density at radius 2 is 2.11 bits per heavy atom. The van der Waals surface area contributed by atoms with Crippen molar-refractivity contribution in [2.45, 2.75) is 25.8 Å². The van der Waals surface area contributed by atoms with E-state index in [2.05, 4.69) is 17.2 Å². The Kier molecular flexibility index (Phi) is 5.60. The van der Waals surface area contributed by atoms with Crippen LogP contribution in [-0.4, -0.2) is 23.1 Å². The number of benzene rings is 1. The Labute approximate surface area is 112 Å². The summed E-state index contributed by atoms with van der Waals surface area (Å²) in [5.74, 6) is -0.862. The molecule has 0 saturated heterocycles. The Morgan fingerprint density at radius 3 is 2.74 bits per heavy atom. The minimum Gasteiger partial charge on any atom is -0.481 e. The van der Waals surface area contributed by atoms with Crippen LogP contribution in [-0.2, 0) is 11.2 Å². The fourth-order valence-corrected chi connectivity index (χ4v) is 1.53. The normalized spacial score (nSPS) is 11.4. The molecule has 0 fully saturated rings. The zero-order chi connectivity index (χ0) is 14.3. The van der Waals surface area contributed by atoms with Crippen LogP contribution in [0.1, 0.15) is 18.9 Å². The molecule has 1 aromatic rings. The first-order valence-electron chi connectivity index (χ1n) is 6.02. The topological polar surface area (TPSA) is 78.4 Å². The van der Waals surface area contributed by atoms with Gasteiger partial charge >= 0.3 is 12.0 Å². The van der Waals surface area contributed by atoms with Crippen molar-refractivity contribution >= 4 is 17.7 Å². The van der Waals surface area contributed by atoms with Crippen molar-refractivity contribution in [1.82, 2.24) is 5.32 Å². The van der Waals surface area contributed by atoms with Gasteiger partial charge < -0.3 is 15.7 Å². The second-order valence-corrected chi connectivity index (χ2v) is 4.17. The average Bonchev–Trinajstić information content (AvgIpc) is 2.37. The summed E-state index contributed by atoms with van der Waals surface area (Å²) < 4.78 is 0. The number of aliphatic carboxylic acids is 1. The molecule has 0 aliphatic carbocycles. The van der Waals surface area contributed by atoms with Crippen LogP contribution in [0.3, 0.4) is 0 Å². The number of urea groups is 1. The lowest BCUT2D eigenvalue weighted by Gasteiger charge is -2.13. The molecular weight excluding hydrogens is 244 g/mol. The van der Waals surface area contributed by atoms with Gasteiger partial charge in [0.15, 0.2) is 0 Å². The SMILES string of the molecule is C=CC(C)NC(=O)Nc1ccccc1CCC(=O)O. The summed E-state index contributed by atoms with van der Waals surface area (Å²) >= 11 is 0. The van der Waals surface area contributed by atoms with Gasteiger partial charge in [-0.3, -0.25) is 4.79 Å². The van der Waals surface area contributed by atoms with E-state index in [0.717, 1.165) is 5.56 Å². The van der Waals surface area contributed by atoms with E-state index in [1.807, 2.05) is 13.0 Å². The minimum absolute atomic E-state index is 0.0311. The van der Waals surface area contributed by atoms with E-state index >= 15 is 0 Å². The molecule has 1 aromatic carbocycles. The number of anilines is 1. The Bertz CT molecular complexity index is 472. The van der Waals surface area contributed by atoms with E-state index in [4.69, 9.17) is 5.11 Å². The molecule has 1 rings (SSSR count). The van der Waals surface area contributed by atoms with E-state index in [9.17, 15) is 9.59 Å². The molecule has 1 atom stereocenters. The quantitative estimate of drug-likeness (QED) is 0.689. The zero-order valence-corrected chi connectivity index (χ0v) is 10.8. The molecule has 3 N–H and O–H groups in total. The number of amides is 2. The predicted octanol–water partition coefficient (Wildman–Crippen LogP) is 2.40. The van der Waals surface area contributed by atoms with Crippen LogP contribution in [0.25, 0.3) is 0 Å². The maximum atomic E-state index is 11.7. The van der Waals surface area contributed by atoms with Gasteiger partial charge in [-0.1, -0.05) is 24.3 Å². The van der Waals surface area contributed by atoms with Crippen LogP contribution in [0, 0.1) is 0 Å². The number of nitrogens with one attached hydrogen (secondary N) is 2. The molecule has 102 valence electrons. The van der Waals surface area contributed by atoms with Crippen LogP contribution >= 0.6 is 0 Å². The van der Waals surface area contributed by atoms with E-state index in [-0.39, 0.29) is 18.5 Å². The molecule has 5 heteroatoms. The van der Waals surface area contributed by atoms with E-state index in [1.54, 1.807) is 24.3 Å². The number of rotatable bonds is 6. The number of hydrogen-bond donors (Lipinski definition) is 3. The molecule has 0 aromatic heterocycles. The highest BCUT2D eigenvalue weighted by atomic mass is 16.4. The van der Waals surface area contributed by atoms with Crippen LogP contribution in [0.15, 0.2) is 36.9 Å². The molecule has 0 radical (unpaired) electrons. The molecule has 5 nitrogen and oxygen atoms in total. The maximum Gasteiger partial charge on any atom is 0.319 e. The summed E-state index contributed by atoms with van der Waals surface area (Å²) in [5.41, 5.74) is 1.42. The van der Waals surface area contributed by atoms with Crippen molar-refractivity contribution in [3.63, 3.8) is 0 Å². The molecular formula is C14H18N2O3. The third-order valence-electron chi connectivity index (χ3n) is 2.59. The summed E-state index contributed by atoms with van der Waals surface area (Å²) in [6.07, 6.45) is 2.03. The predicted molar refractivity (Wildman–Crippen MR) is 74.2 cm³/mol. The zero-order valence-electron chi connectivity index (χ0n) is 10.8. The van der Waals surface area contributed by atoms with E-state index in [1.165, 1.54) is 0 Å². The standard InChI is InChI=1S/C14H18N2O3/c1-3-10(2)15-14(19)16-12-7-5-4-6-11(12)8-9-13(17)18/h3-7,10H,1,8-9H2,2H3,(H,17,18)(H2,15,16,19). The monoisotopic (exact) mass is 262 g/mol. The number of carbonyl (C=O) groups excluding carboxylic acids is 1. The van der Waals surface area contributed by atoms with Crippen LogP contribution in [0.2, 0.25) is 0 Å². The van der Waals surface area contributed by atoms with Crippen molar-refractivity contribution < 1.29 is 14.7 Å². The van der Waals surface area contributed by atoms with E-state index < -0.39 is 5.97 Å². The molecule has 0 aliphatic rings.